The van der Waals surface area contributed by atoms with Crippen molar-refractivity contribution in [3.63, 3.8) is 0 Å². The molecule has 8 nitrogen and oxygen atoms in total. The highest BCUT2D eigenvalue weighted by Gasteiger charge is 2.20. The Hall–Kier alpha value is -2.45. The van der Waals surface area contributed by atoms with Crippen LogP contribution in [0.25, 0.3) is 0 Å². The summed E-state index contributed by atoms with van der Waals surface area (Å²) in [5, 5.41) is 4.27. The summed E-state index contributed by atoms with van der Waals surface area (Å²) in [5.74, 6) is 1.03. The van der Waals surface area contributed by atoms with E-state index < -0.39 is 0 Å². The minimum Gasteiger partial charge on any atom is -0.487 e. The zero-order valence-electron chi connectivity index (χ0n) is 17.9. The Bertz CT molecular complexity index is 813. The molecule has 0 aliphatic carbocycles. The number of hydrogen-bond donors (Lipinski definition) is 0. The van der Waals surface area contributed by atoms with Crippen molar-refractivity contribution in [2.45, 2.75) is 46.3 Å². The largest absolute Gasteiger partial charge is 0.487 e. The van der Waals surface area contributed by atoms with Gasteiger partial charge in [-0.3, -0.25) is 4.79 Å². The van der Waals surface area contributed by atoms with E-state index in [-0.39, 0.29) is 11.1 Å². The maximum absolute atomic E-state index is 12.7. The van der Waals surface area contributed by atoms with Crippen LogP contribution in [0.3, 0.4) is 0 Å². The number of aromatic nitrogens is 3. The van der Waals surface area contributed by atoms with Crippen LogP contribution in [0.15, 0.2) is 29.3 Å². The third-order valence-electron chi connectivity index (χ3n) is 4.13. The van der Waals surface area contributed by atoms with E-state index in [1.165, 1.54) is 4.68 Å². The second kappa shape index (κ2) is 10.9. The molecule has 0 unspecified atom stereocenters. The van der Waals surface area contributed by atoms with Gasteiger partial charge in [0.1, 0.15) is 19.0 Å². The molecule has 0 aromatic carbocycles. The average Bonchev–Trinajstić information content (AvgIpc) is 2.69. The molecule has 2 heterocycles. The van der Waals surface area contributed by atoms with Crippen LogP contribution in [0.1, 0.15) is 38.8 Å². The number of ether oxygens (including phenoxy) is 4. The summed E-state index contributed by atoms with van der Waals surface area (Å²) < 4.78 is 23.1. The molecule has 0 saturated carbocycles. The van der Waals surface area contributed by atoms with Gasteiger partial charge in [-0.05, 0) is 33.3 Å². The molecule has 0 aliphatic rings. The first kappa shape index (κ1) is 22.8. The average molecular weight is 405 g/mol. The van der Waals surface area contributed by atoms with Gasteiger partial charge in [0, 0.05) is 24.9 Å². The molecule has 0 aliphatic heterocycles. The van der Waals surface area contributed by atoms with Gasteiger partial charge in [0.25, 0.3) is 5.56 Å². The summed E-state index contributed by atoms with van der Waals surface area (Å²) in [5.41, 5.74) is 0.993. The zero-order valence-corrected chi connectivity index (χ0v) is 17.9. The fourth-order valence-electron chi connectivity index (χ4n) is 2.59. The lowest BCUT2D eigenvalue weighted by Crippen LogP contribution is -2.37. The summed E-state index contributed by atoms with van der Waals surface area (Å²) in [4.78, 5) is 16.9. The fourth-order valence-corrected chi connectivity index (χ4v) is 2.59. The third-order valence-corrected chi connectivity index (χ3v) is 4.13. The molecule has 0 atom stereocenters. The van der Waals surface area contributed by atoms with Crippen molar-refractivity contribution in [1.29, 1.82) is 0 Å². The minimum atomic E-state index is -0.381. The van der Waals surface area contributed by atoms with Gasteiger partial charge in [0.2, 0.25) is 5.88 Å². The number of pyridine rings is 1. The first-order valence-corrected chi connectivity index (χ1v) is 9.75. The molecular formula is C21H31N3O5. The molecule has 2 rings (SSSR count). The van der Waals surface area contributed by atoms with Crippen molar-refractivity contribution in [3.05, 3.63) is 46.0 Å². The number of hydrogen-bond acceptors (Lipinski definition) is 7. The van der Waals surface area contributed by atoms with Crippen LogP contribution in [0, 0.1) is 0 Å². The second-order valence-electron chi connectivity index (χ2n) is 7.48. The van der Waals surface area contributed by atoms with Gasteiger partial charge < -0.3 is 18.9 Å². The molecular weight excluding hydrogens is 374 g/mol. The minimum absolute atomic E-state index is 0.118. The van der Waals surface area contributed by atoms with Crippen LogP contribution in [-0.4, -0.2) is 48.3 Å². The van der Waals surface area contributed by atoms with Crippen molar-refractivity contribution >= 4 is 0 Å². The van der Waals surface area contributed by atoms with Gasteiger partial charge in [-0.25, -0.2) is 9.67 Å². The van der Waals surface area contributed by atoms with Crippen molar-refractivity contribution in [2.24, 2.45) is 0 Å². The summed E-state index contributed by atoms with van der Waals surface area (Å²) >= 11 is 0. The van der Waals surface area contributed by atoms with Crippen LogP contribution in [0.4, 0.5) is 0 Å². The molecule has 0 fully saturated rings. The summed E-state index contributed by atoms with van der Waals surface area (Å²) in [6.07, 6.45) is 3.88. The smallest absolute Gasteiger partial charge is 0.274 e. The standard InChI is InChI=1S/C21H31N3O5/c1-6-17-18(14-23-24(20(17)25)21(2,3)4)29-15-16-7-8-19(22-13-16)28-12-11-27-10-9-26-5/h7-8,13-14H,6,9-12,15H2,1-5H3. The predicted molar refractivity (Wildman–Crippen MR) is 110 cm³/mol. The van der Waals surface area contributed by atoms with Gasteiger partial charge in [0.15, 0.2) is 0 Å². The lowest BCUT2D eigenvalue weighted by Gasteiger charge is -2.22. The van der Waals surface area contributed by atoms with Crippen LogP contribution >= 0.6 is 0 Å². The first-order chi connectivity index (χ1) is 13.9. The SMILES string of the molecule is CCc1c(OCc2ccc(OCCOCCOC)nc2)cnn(C(C)(C)C)c1=O. The van der Waals surface area contributed by atoms with Crippen molar-refractivity contribution in [2.75, 3.05) is 33.5 Å². The molecule has 29 heavy (non-hydrogen) atoms. The molecule has 0 bridgehead atoms. The van der Waals surface area contributed by atoms with Crippen LogP contribution in [0.2, 0.25) is 0 Å². The fraction of sp³-hybridized carbons (Fsp3) is 0.571. The molecule has 8 heteroatoms. The third kappa shape index (κ3) is 6.83. The Balaban J connectivity index is 1.91. The normalized spacial score (nSPS) is 11.5. The second-order valence-corrected chi connectivity index (χ2v) is 7.48. The van der Waals surface area contributed by atoms with Crippen molar-refractivity contribution in [3.8, 4) is 11.6 Å². The van der Waals surface area contributed by atoms with Crippen molar-refractivity contribution < 1.29 is 18.9 Å². The summed E-state index contributed by atoms with van der Waals surface area (Å²) in [7, 11) is 1.63. The highest BCUT2D eigenvalue weighted by molar-refractivity contribution is 5.29. The maximum Gasteiger partial charge on any atom is 0.274 e. The quantitative estimate of drug-likeness (QED) is 0.531. The van der Waals surface area contributed by atoms with E-state index in [1.54, 1.807) is 25.6 Å². The number of nitrogens with zero attached hydrogens (tertiary/aromatic N) is 3. The molecule has 0 amide bonds. The van der Waals surface area contributed by atoms with Crippen LogP contribution in [0.5, 0.6) is 11.6 Å². The van der Waals surface area contributed by atoms with Crippen LogP contribution in [-0.2, 0) is 28.0 Å². The monoisotopic (exact) mass is 405 g/mol. The van der Waals surface area contributed by atoms with E-state index in [4.69, 9.17) is 18.9 Å². The van der Waals surface area contributed by atoms with E-state index in [1.807, 2.05) is 33.8 Å². The van der Waals surface area contributed by atoms with Crippen molar-refractivity contribution in [1.82, 2.24) is 14.8 Å². The van der Waals surface area contributed by atoms with Gasteiger partial charge in [-0.2, -0.15) is 5.10 Å². The number of rotatable bonds is 11. The lowest BCUT2D eigenvalue weighted by molar-refractivity contribution is 0.0537. The van der Waals surface area contributed by atoms with E-state index >= 15 is 0 Å². The Morgan fingerprint density at radius 1 is 1.03 bits per heavy atom. The first-order valence-electron chi connectivity index (χ1n) is 9.75. The Labute approximate surface area is 171 Å². The Morgan fingerprint density at radius 2 is 1.79 bits per heavy atom. The van der Waals surface area contributed by atoms with Gasteiger partial charge in [-0.15, -0.1) is 0 Å². The molecule has 0 N–H and O–H groups in total. The Morgan fingerprint density at radius 3 is 2.41 bits per heavy atom. The topological polar surface area (TPSA) is 84.7 Å². The molecule has 0 spiro atoms. The highest BCUT2D eigenvalue weighted by Crippen LogP contribution is 2.18. The maximum atomic E-state index is 12.7. The molecule has 2 aromatic heterocycles. The van der Waals surface area contributed by atoms with Crippen LogP contribution < -0.4 is 15.0 Å². The highest BCUT2D eigenvalue weighted by atomic mass is 16.5. The molecule has 2 aromatic rings. The zero-order chi connectivity index (χ0) is 21.3. The predicted octanol–water partition coefficient (Wildman–Crippen LogP) is 2.58. The summed E-state index contributed by atoms with van der Waals surface area (Å²) in [6.45, 7) is 10.1. The van der Waals surface area contributed by atoms with Gasteiger partial charge in [-0.1, -0.05) is 6.92 Å². The molecule has 0 saturated heterocycles. The Kier molecular flexibility index (Phi) is 8.60. The summed E-state index contributed by atoms with van der Waals surface area (Å²) in [6, 6.07) is 3.66. The van der Waals surface area contributed by atoms with Gasteiger partial charge >= 0.3 is 0 Å². The van der Waals surface area contributed by atoms with E-state index in [0.717, 1.165) is 5.56 Å². The number of methoxy groups -OCH3 is 1. The van der Waals surface area contributed by atoms with E-state index in [9.17, 15) is 4.79 Å². The van der Waals surface area contributed by atoms with Gasteiger partial charge in [0.05, 0.1) is 37.1 Å². The molecule has 0 radical (unpaired) electrons. The van der Waals surface area contributed by atoms with E-state index in [0.29, 0.717) is 56.6 Å². The molecule has 160 valence electrons. The van der Waals surface area contributed by atoms with E-state index in [2.05, 4.69) is 10.1 Å². The lowest BCUT2D eigenvalue weighted by atomic mass is 10.1.